The number of hydrogen-bond acceptors (Lipinski definition) is 2. The van der Waals surface area contributed by atoms with Crippen molar-refractivity contribution in [2.75, 3.05) is 13.1 Å². The van der Waals surface area contributed by atoms with Crippen LogP contribution < -0.4 is 0 Å². The molecule has 1 saturated heterocycles. The fraction of sp³-hybridized carbons (Fsp3) is 0.538. The Labute approximate surface area is 128 Å². The summed E-state index contributed by atoms with van der Waals surface area (Å²) in [6, 6.07) is 6.62. The first kappa shape index (κ1) is 15.3. The molecule has 106 valence electrons. The van der Waals surface area contributed by atoms with E-state index in [1.54, 1.807) is 28.6 Å². The van der Waals surface area contributed by atoms with Gasteiger partial charge in [-0.3, -0.25) is 0 Å². The standard InChI is InChI=1S/C13H17BrClNO2S/c1-10(14)11-6-8-16(9-7-11)19(17,18)13-5-3-2-4-12(13)15/h2-5,10-11H,6-9H2,1H3. The van der Waals surface area contributed by atoms with Crippen LogP contribution in [0.15, 0.2) is 29.2 Å². The predicted molar refractivity (Wildman–Crippen MR) is 81.3 cm³/mol. The Bertz CT molecular complexity index is 539. The number of piperidine rings is 1. The molecule has 0 radical (unpaired) electrons. The molecule has 1 atom stereocenters. The third-order valence-corrected chi connectivity index (χ3v) is 6.75. The van der Waals surface area contributed by atoms with Crippen molar-refractivity contribution < 1.29 is 8.42 Å². The van der Waals surface area contributed by atoms with Gasteiger partial charge in [-0.15, -0.1) is 0 Å². The van der Waals surface area contributed by atoms with E-state index in [0.29, 0.717) is 28.9 Å². The topological polar surface area (TPSA) is 37.4 Å². The number of alkyl halides is 1. The van der Waals surface area contributed by atoms with Gasteiger partial charge in [0, 0.05) is 17.9 Å². The van der Waals surface area contributed by atoms with E-state index < -0.39 is 10.0 Å². The summed E-state index contributed by atoms with van der Waals surface area (Å²) in [7, 11) is -3.46. The number of nitrogens with zero attached hydrogens (tertiary/aromatic N) is 1. The molecule has 1 aromatic carbocycles. The summed E-state index contributed by atoms with van der Waals surface area (Å²) in [6.45, 7) is 3.24. The molecule has 0 bridgehead atoms. The average molecular weight is 367 g/mol. The van der Waals surface area contributed by atoms with Gasteiger partial charge in [-0.05, 0) is 30.9 Å². The van der Waals surface area contributed by atoms with Crippen LogP contribution in [0.2, 0.25) is 5.02 Å². The van der Waals surface area contributed by atoms with Crippen LogP contribution in [-0.4, -0.2) is 30.6 Å². The fourth-order valence-corrected chi connectivity index (χ4v) is 4.86. The van der Waals surface area contributed by atoms with Crippen LogP contribution in [0.3, 0.4) is 0 Å². The molecule has 0 N–H and O–H groups in total. The van der Waals surface area contributed by atoms with Crippen molar-refractivity contribution in [3.63, 3.8) is 0 Å². The van der Waals surface area contributed by atoms with Crippen molar-refractivity contribution >= 4 is 37.6 Å². The van der Waals surface area contributed by atoms with Gasteiger partial charge in [0.05, 0.1) is 5.02 Å². The highest BCUT2D eigenvalue weighted by atomic mass is 79.9. The lowest BCUT2D eigenvalue weighted by Gasteiger charge is -2.32. The van der Waals surface area contributed by atoms with Crippen molar-refractivity contribution in [3.05, 3.63) is 29.3 Å². The molecule has 0 amide bonds. The second-order valence-corrected chi connectivity index (χ2v) is 8.61. The normalized spacial score (nSPS) is 20.4. The first-order valence-corrected chi connectivity index (χ1v) is 9.05. The SMILES string of the molecule is CC(Br)C1CCN(S(=O)(=O)c2ccccc2Cl)CC1. The van der Waals surface area contributed by atoms with Crippen molar-refractivity contribution in [2.24, 2.45) is 5.92 Å². The first-order chi connectivity index (χ1) is 8.93. The number of benzene rings is 1. The summed E-state index contributed by atoms with van der Waals surface area (Å²) in [5.41, 5.74) is 0. The Morgan fingerprint density at radius 2 is 1.89 bits per heavy atom. The number of halogens is 2. The smallest absolute Gasteiger partial charge is 0.207 e. The number of hydrogen-bond donors (Lipinski definition) is 0. The molecule has 2 rings (SSSR count). The van der Waals surface area contributed by atoms with Gasteiger partial charge < -0.3 is 0 Å². The van der Waals surface area contributed by atoms with Crippen LogP contribution >= 0.6 is 27.5 Å². The lowest BCUT2D eigenvalue weighted by molar-refractivity contribution is 0.275. The van der Waals surface area contributed by atoms with E-state index in [4.69, 9.17) is 11.6 Å². The van der Waals surface area contributed by atoms with Gasteiger partial charge >= 0.3 is 0 Å². The highest BCUT2D eigenvalue weighted by molar-refractivity contribution is 9.09. The summed E-state index contributed by atoms with van der Waals surface area (Å²) in [5, 5.41) is 0.290. The molecule has 3 nitrogen and oxygen atoms in total. The molecule has 1 heterocycles. The molecule has 1 aliphatic rings. The summed E-state index contributed by atoms with van der Waals surface area (Å²) in [6.07, 6.45) is 1.77. The zero-order chi connectivity index (χ0) is 14.0. The molecule has 6 heteroatoms. The highest BCUT2D eigenvalue weighted by Gasteiger charge is 2.31. The van der Waals surface area contributed by atoms with Crippen molar-refractivity contribution in [2.45, 2.75) is 29.5 Å². The maximum atomic E-state index is 12.5. The van der Waals surface area contributed by atoms with Gasteiger partial charge in [0.25, 0.3) is 0 Å². The second-order valence-electron chi connectivity index (χ2n) is 4.85. The van der Waals surface area contributed by atoms with Crippen LogP contribution in [-0.2, 0) is 10.0 Å². The van der Waals surface area contributed by atoms with E-state index >= 15 is 0 Å². The van der Waals surface area contributed by atoms with Crippen LogP contribution in [0.4, 0.5) is 0 Å². The van der Waals surface area contributed by atoms with E-state index in [9.17, 15) is 8.42 Å². The molecule has 0 aromatic heterocycles. The third-order valence-electron chi connectivity index (χ3n) is 3.60. The van der Waals surface area contributed by atoms with Crippen LogP contribution in [0.5, 0.6) is 0 Å². The zero-order valence-electron chi connectivity index (χ0n) is 10.7. The lowest BCUT2D eigenvalue weighted by Crippen LogP contribution is -2.40. The average Bonchev–Trinajstić information content (AvgIpc) is 2.39. The van der Waals surface area contributed by atoms with E-state index in [0.717, 1.165) is 12.8 Å². The minimum absolute atomic E-state index is 0.210. The molecule has 1 aliphatic heterocycles. The highest BCUT2D eigenvalue weighted by Crippen LogP contribution is 2.30. The van der Waals surface area contributed by atoms with Crippen LogP contribution in [0.25, 0.3) is 0 Å². The van der Waals surface area contributed by atoms with Gasteiger partial charge in [0.15, 0.2) is 0 Å². The molecule has 0 spiro atoms. The van der Waals surface area contributed by atoms with Crippen molar-refractivity contribution in [1.29, 1.82) is 0 Å². The van der Waals surface area contributed by atoms with Gasteiger partial charge in [0.2, 0.25) is 10.0 Å². The minimum atomic E-state index is -3.46. The third kappa shape index (κ3) is 3.32. The summed E-state index contributed by atoms with van der Waals surface area (Å²) >= 11 is 9.57. The molecule has 1 fully saturated rings. The van der Waals surface area contributed by atoms with Crippen molar-refractivity contribution in [3.8, 4) is 0 Å². The Balaban J connectivity index is 2.17. The van der Waals surface area contributed by atoms with Crippen molar-refractivity contribution in [1.82, 2.24) is 4.31 Å². The molecule has 1 unspecified atom stereocenters. The van der Waals surface area contributed by atoms with E-state index in [2.05, 4.69) is 22.9 Å². The molecule has 1 aromatic rings. The molecular weight excluding hydrogens is 350 g/mol. The number of sulfonamides is 1. The summed E-state index contributed by atoms with van der Waals surface area (Å²) < 4.78 is 26.6. The van der Waals surface area contributed by atoms with E-state index in [1.807, 2.05) is 0 Å². The lowest BCUT2D eigenvalue weighted by atomic mass is 9.96. The minimum Gasteiger partial charge on any atom is -0.207 e. The monoisotopic (exact) mass is 365 g/mol. The van der Waals surface area contributed by atoms with E-state index in [-0.39, 0.29) is 4.90 Å². The predicted octanol–water partition coefficient (Wildman–Crippen LogP) is 3.52. The summed E-state index contributed by atoms with van der Waals surface area (Å²) in [5.74, 6) is 0.540. The zero-order valence-corrected chi connectivity index (χ0v) is 13.9. The summed E-state index contributed by atoms with van der Waals surface area (Å²) in [4.78, 5) is 0.639. The largest absolute Gasteiger partial charge is 0.244 e. The molecule has 19 heavy (non-hydrogen) atoms. The first-order valence-electron chi connectivity index (χ1n) is 6.31. The molecular formula is C13H17BrClNO2S. The fourth-order valence-electron chi connectivity index (χ4n) is 2.37. The van der Waals surface area contributed by atoms with Crippen LogP contribution in [0, 0.1) is 5.92 Å². The Morgan fingerprint density at radius 1 is 1.32 bits per heavy atom. The molecule has 0 saturated carbocycles. The maximum Gasteiger partial charge on any atom is 0.244 e. The van der Waals surface area contributed by atoms with E-state index in [1.165, 1.54) is 0 Å². The van der Waals surface area contributed by atoms with Gasteiger partial charge in [-0.25, -0.2) is 8.42 Å². The maximum absolute atomic E-state index is 12.5. The number of rotatable bonds is 3. The Kier molecular flexibility index (Phi) is 4.93. The quantitative estimate of drug-likeness (QED) is 0.768. The molecule has 0 aliphatic carbocycles. The second kappa shape index (κ2) is 6.12. The van der Waals surface area contributed by atoms with Gasteiger partial charge in [-0.1, -0.05) is 46.6 Å². The Hall–Kier alpha value is -0.100. The van der Waals surface area contributed by atoms with Gasteiger partial charge in [-0.2, -0.15) is 4.31 Å². The van der Waals surface area contributed by atoms with Crippen LogP contribution in [0.1, 0.15) is 19.8 Å². The van der Waals surface area contributed by atoms with Gasteiger partial charge in [0.1, 0.15) is 4.90 Å². The Morgan fingerprint density at radius 3 is 2.42 bits per heavy atom.